The number of fused-ring (bicyclic) bond motifs is 1. The first kappa shape index (κ1) is 11.7. The molecule has 0 aliphatic carbocycles. The number of rotatable bonds is 1. The average molecular weight is 256 g/mol. The van der Waals surface area contributed by atoms with E-state index in [2.05, 4.69) is 0 Å². The predicted molar refractivity (Wildman–Crippen MR) is 72.4 cm³/mol. The lowest BCUT2D eigenvalue weighted by Crippen LogP contribution is -2.23. The molecular formula is C15H13FN2O. The largest absolute Gasteiger partial charge is 0.317 e. The van der Waals surface area contributed by atoms with Crippen molar-refractivity contribution in [1.82, 2.24) is 8.97 Å². The molecule has 0 unspecified atom stereocenters. The van der Waals surface area contributed by atoms with E-state index in [-0.39, 0.29) is 11.4 Å². The molecule has 3 nitrogen and oxygen atoms in total. The summed E-state index contributed by atoms with van der Waals surface area (Å²) in [6, 6.07) is 7.96. The van der Waals surface area contributed by atoms with Gasteiger partial charge in [-0.2, -0.15) is 0 Å². The summed E-state index contributed by atoms with van der Waals surface area (Å²) in [7, 11) is 0. The van der Waals surface area contributed by atoms with Crippen LogP contribution in [0.2, 0.25) is 0 Å². The number of nitrogens with zero attached hydrogens (tertiary/aromatic N) is 2. The van der Waals surface area contributed by atoms with Crippen molar-refractivity contribution in [3.63, 3.8) is 0 Å². The van der Waals surface area contributed by atoms with E-state index in [4.69, 9.17) is 0 Å². The Balaban J connectivity index is 2.41. The zero-order valence-corrected chi connectivity index (χ0v) is 10.7. The summed E-state index contributed by atoms with van der Waals surface area (Å²) in [5.74, 6) is -0.351. The standard InChI is InChI=1S/C15H13FN2O/c1-10-6-7-17-9-11(2)18(15(19)14(10)17)13-5-3-4-12(16)8-13/h3-9H,1-2H3. The van der Waals surface area contributed by atoms with Crippen molar-refractivity contribution in [3.05, 3.63) is 70.2 Å². The van der Waals surface area contributed by atoms with E-state index in [0.717, 1.165) is 11.3 Å². The quantitative estimate of drug-likeness (QED) is 0.657. The average Bonchev–Trinajstić information content (AvgIpc) is 2.71. The molecule has 1 aromatic carbocycles. The molecular weight excluding hydrogens is 243 g/mol. The second-order valence-corrected chi connectivity index (χ2v) is 4.65. The molecule has 4 heteroatoms. The van der Waals surface area contributed by atoms with Crippen molar-refractivity contribution in [2.75, 3.05) is 0 Å². The monoisotopic (exact) mass is 256 g/mol. The third-order valence-electron chi connectivity index (χ3n) is 3.27. The Morgan fingerprint density at radius 3 is 2.68 bits per heavy atom. The number of halogens is 1. The van der Waals surface area contributed by atoms with Crippen LogP contribution in [-0.2, 0) is 0 Å². The molecule has 0 radical (unpaired) electrons. The van der Waals surface area contributed by atoms with Gasteiger partial charge in [-0.25, -0.2) is 4.39 Å². The second-order valence-electron chi connectivity index (χ2n) is 4.65. The van der Waals surface area contributed by atoms with Gasteiger partial charge in [-0.15, -0.1) is 0 Å². The fourth-order valence-corrected chi connectivity index (χ4v) is 2.40. The van der Waals surface area contributed by atoms with E-state index in [0.29, 0.717) is 11.2 Å². The first-order chi connectivity index (χ1) is 9.08. The molecule has 2 heterocycles. The summed E-state index contributed by atoms with van der Waals surface area (Å²) in [4.78, 5) is 12.6. The maximum Gasteiger partial charge on any atom is 0.279 e. The molecule has 19 heavy (non-hydrogen) atoms. The molecule has 3 aromatic rings. The Labute approximate surface area is 109 Å². The Morgan fingerprint density at radius 1 is 1.16 bits per heavy atom. The number of aromatic nitrogens is 2. The second kappa shape index (κ2) is 4.09. The maximum absolute atomic E-state index is 13.3. The van der Waals surface area contributed by atoms with Gasteiger partial charge in [-0.1, -0.05) is 6.07 Å². The molecule has 2 aromatic heterocycles. The third-order valence-corrected chi connectivity index (χ3v) is 3.27. The summed E-state index contributed by atoms with van der Waals surface area (Å²) in [5, 5.41) is 0. The minimum absolute atomic E-state index is 0.131. The molecule has 0 saturated carbocycles. The summed E-state index contributed by atoms with van der Waals surface area (Å²) in [6.45, 7) is 3.73. The van der Waals surface area contributed by atoms with Gasteiger partial charge in [0.1, 0.15) is 11.3 Å². The van der Waals surface area contributed by atoms with Crippen molar-refractivity contribution in [2.24, 2.45) is 0 Å². The highest BCUT2D eigenvalue weighted by molar-refractivity contribution is 5.55. The first-order valence-electron chi connectivity index (χ1n) is 6.04. The van der Waals surface area contributed by atoms with E-state index >= 15 is 0 Å². The molecule has 0 spiro atoms. The SMILES string of the molecule is Cc1ccn2cc(C)n(-c3cccc(F)c3)c(=O)c12. The van der Waals surface area contributed by atoms with Crippen LogP contribution in [0.1, 0.15) is 11.3 Å². The van der Waals surface area contributed by atoms with Gasteiger partial charge in [-0.3, -0.25) is 9.36 Å². The summed E-state index contributed by atoms with van der Waals surface area (Å²) in [6.07, 6.45) is 3.73. The molecule has 0 aliphatic rings. The molecule has 0 bridgehead atoms. The van der Waals surface area contributed by atoms with E-state index in [1.54, 1.807) is 12.1 Å². The van der Waals surface area contributed by atoms with Gasteiger partial charge in [0, 0.05) is 18.1 Å². The number of hydrogen-bond donors (Lipinski definition) is 0. The number of aryl methyl sites for hydroxylation is 2. The molecule has 0 N–H and O–H groups in total. The van der Waals surface area contributed by atoms with Crippen LogP contribution in [0.3, 0.4) is 0 Å². The molecule has 0 fully saturated rings. The minimum Gasteiger partial charge on any atom is -0.317 e. The summed E-state index contributed by atoms with van der Waals surface area (Å²) < 4.78 is 16.7. The summed E-state index contributed by atoms with van der Waals surface area (Å²) in [5.41, 5.74) is 2.71. The third kappa shape index (κ3) is 1.76. The van der Waals surface area contributed by atoms with Crippen LogP contribution >= 0.6 is 0 Å². The molecule has 0 aliphatic heterocycles. The van der Waals surface area contributed by atoms with E-state index in [1.165, 1.54) is 16.7 Å². The topological polar surface area (TPSA) is 26.4 Å². The highest BCUT2D eigenvalue weighted by Gasteiger charge is 2.10. The lowest BCUT2D eigenvalue weighted by atomic mass is 10.2. The highest BCUT2D eigenvalue weighted by atomic mass is 19.1. The van der Waals surface area contributed by atoms with Crippen LogP contribution in [0.25, 0.3) is 11.2 Å². The van der Waals surface area contributed by atoms with Gasteiger partial charge >= 0.3 is 0 Å². The highest BCUT2D eigenvalue weighted by Crippen LogP contribution is 2.14. The van der Waals surface area contributed by atoms with Gasteiger partial charge in [-0.05, 0) is 43.7 Å². The van der Waals surface area contributed by atoms with Crippen molar-refractivity contribution in [2.45, 2.75) is 13.8 Å². The van der Waals surface area contributed by atoms with Crippen LogP contribution in [-0.4, -0.2) is 8.97 Å². The van der Waals surface area contributed by atoms with Crippen molar-refractivity contribution >= 4 is 5.52 Å². The Morgan fingerprint density at radius 2 is 1.95 bits per heavy atom. The van der Waals surface area contributed by atoms with Gasteiger partial charge in [0.2, 0.25) is 0 Å². The number of hydrogen-bond acceptors (Lipinski definition) is 1. The van der Waals surface area contributed by atoms with E-state index in [9.17, 15) is 9.18 Å². The van der Waals surface area contributed by atoms with Gasteiger partial charge in [0.15, 0.2) is 0 Å². The normalized spacial score (nSPS) is 11.1. The Kier molecular flexibility index (Phi) is 2.52. The summed E-state index contributed by atoms with van der Waals surface area (Å²) >= 11 is 0. The van der Waals surface area contributed by atoms with Gasteiger partial charge < -0.3 is 4.40 Å². The van der Waals surface area contributed by atoms with Crippen molar-refractivity contribution < 1.29 is 4.39 Å². The van der Waals surface area contributed by atoms with Crippen LogP contribution in [0.15, 0.2) is 47.5 Å². The fourth-order valence-electron chi connectivity index (χ4n) is 2.40. The van der Waals surface area contributed by atoms with Gasteiger partial charge in [0.25, 0.3) is 5.56 Å². The molecule has 3 rings (SSSR count). The Bertz CT molecular complexity index is 830. The predicted octanol–water partition coefficient (Wildman–Crippen LogP) is 2.85. The molecule has 0 atom stereocenters. The molecule has 0 amide bonds. The van der Waals surface area contributed by atoms with E-state index < -0.39 is 0 Å². The van der Waals surface area contributed by atoms with Crippen LogP contribution < -0.4 is 5.56 Å². The maximum atomic E-state index is 13.3. The lowest BCUT2D eigenvalue weighted by molar-refractivity contribution is 0.626. The smallest absolute Gasteiger partial charge is 0.279 e. The number of benzene rings is 1. The molecule has 0 saturated heterocycles. The Hall–Kier alpha value is -2.36. The lowest BCUT2D eigenvalue weighted by Gasteiger charge is -2.11. The molecule has 96 valence electrons. The zero-order valence-electron chi connectivity index (χ0n) is 10.7. The van der Waals surface area contributed by atoms with Crippen molar-refractivity contribution in [1.29, 1.82) is 0 Å². The van der Waals surface area contributed by atoms with Crippen LogP contribution in [0.5, 0.6) is 0 Å². The first-order valence-corrected chi connectivity index (χ1v) is 6.04. The van der Waals surface area contributed by atoms with Crippen LogP contribution in [0.4, 0.5) is 4.39 Å². The fraction of sp³-hybridized carbons (Fsp3) is 0.133. The van der Waals surface area contributed by atoms with Crippen molar-refractivity contribution in [3.8, 4) is 5.69 Å². The van der Waals surface area contributed by atoms with Crippen LogP contribution in [0, 0.1) is 19.7 Å². The van der Waals surface area contributed by atoms with E-state index in [1.807, 2.05) is 36.7 Å². The van der Waals surface area contributed by atoms with Gasteiger partial charge in [0.05, 0.1) is 5.69 Å². The minimum atomic E-state index is -0.351. The zero-order chi connectivity index (χ0) is 13.6.